The zero-order valence-corrected chi connectivity index (χ0v) is 11.6. The maximum absolute atomic E-state index is 12.3. The molecule has 1 aliphatic carbocycles. The Balaban J connectivity index is 1.80. The van der Waals surface area contributed by atoms with Crippen molar-refractivity contribution in [1.82, 2.24) is 5.32 Å². The second kappa shape index (κ2) is 5.97. The van der Waals surface area contributed by atoms with Gasteiger partial charge in [-0.25, -0.2) is 0 Å². The Morgan fingerprint density at radius 3 is 2.67 bits per heavy atom. The Kier molecular flexibility index (Phi) is 4.56. The van der Waals surface area contributed by atoms with E-state index in [1.54, 1.807) is 0 Å². The minimum absolute atomic E-state index is 0.0190. The quantitative estimate of drug-likeness (QED) is 0.743. The SMILES string of the molecule is NC(=S)C1(C(=O)NCCC2CCCO2)CCCC1. The monoisotopic (exact) mass is 270 g/mol. The first-order valence-electron chi connectivity index (χ1n) is 6.85. The Morgan fingerprint density at radius 1 is 1.39 bits per heavy atom. The van der Waals surface area contributed by atoms with Crippen LogP contribution >= 0.6 is 12.2 Å². The van der Waals surface area contributed by atoms with E-state index in [0.29, 0.717) is 17.6 Å². The molecule has 102 valence electrons. The van der Waals surface area contributed by atoms with Gasteiger partial charge in [-0.15, -0.1) is 0 Å². The van der Waals surface area contributed by atoms with Crippen LogP contribution in [0.4, 0.5) is 0 Å². The van der Waals surface area contributed by atoms with Gasteiger partial charge in [-0.1, -0.05) is 25.1 Å². The average Bonchev–Trinajstić information content (AvgIpc) is 3.00. The number of ether oxygens (including phenoxy) is 1. The normalized spacial score (nSPS) is 26.1. The van der Waals surface area contributed by atoms with Crippen molar-refractivity contribution in [3.05, 3.63) is 0 Å². The summed E-state index contributed by atoms with van der Waals surface area (Å²) >= 11 is 5.09. The predicted molar refractivity (Wildman–Crippen MR) is 74.3 cm³/mol. The van der Waals surface area contributed by atoms with Gasteiger partial charge in [-0.05, 0) is 32.1 Å². The molecular formula is C13H22N2O2S. The van der Waals surface area contributed by atoms with Crippen molar-refractivity contribution in [2.24, 2.45) is 11.1 Å². The van der Waals surface area contributed by atoms with E-state index in [9.17, 15) is 4.79 Å². The lowest BCUT2D eigenvalue weighted by Gasteiger charge is -2.26. The summed E-state index contributed by atoms with van der Waals surface area (Å²) in [6.45, 7) is 1.52. The molecule has 1 unspecified atom stereocenters. The van der Waals surface area contributed by atoms with Gasteiger partial charge in [0.1, 0.15) is 0 Å². The average molecular weight is 270 g/mol. The van der Waals surface area contributed by atoms with E-state index in [-0.39, 0.29) is 5.91 Å². The number of hydrogen-bond donors (Lipinski definition) is 2. The van der Waals surface area contributed by atoms with Crippen molar-refractivity contribution in [2.45, 2.75) is 51.0 Å². The summed E-state index contributed by atoms with van der Waals surface area (Å²) in [7, 11) is 0. The van der Waals surface area contributed by atoms with Crippen LogP contribution in [-0.4, -0.2) is 30.2 Å². The summed E-state index contributed by atoms with van der Waals surface area (Å²) in [5, 5.41) is 2.99. The summed E-state index contributed by atoms with van der Waals surface area (Å²) in [4.78, 5) is 12.6. The van der Waals surface area contributed by atoms with Crippen molar-refractivity contribution in [3.63, 3.8) is 0 Å². The minimum Gasteiger partial charge on any atom is -0.392 e. The summed E-state index contributed by atoms with van der Waals surface area (Å²) in [6, 6.07) is 0. The van der Waals surface area contributed by atoms with E-state index < -0.39 is 5.41 Å². The van der Waals surface area contributed by atoms with E-state index in [1.165, 1.54) is 0 Å². The van der Waals surface area contributed by atoms with Crippen LogP contribution in [0.1, 0.15) is 44.9 Å². The highest BCUT2D eigenvalue weighted by Gasteiger charge is 2.43. The fourth-order valence-electron chi connectivity index (χ4n) is 2.95. The molecule has 2 fully saturated rings. The second-order valence-corrected chi connectivity index (χ2v) is 5.77. The summed E-state index contributed by atoms with van der Waals surface area (Å²) < 4.78 is 5.53. The van der Waals surface area contributed by atoms with Crippen LogP contribution in [0.3, 0.4) is 0 Å². The van der Waals surface area contributed by atoms with Crippen molar-refractivity contribution in [1.29, 1.82) is 0 Å². The molecule has 5 heteroatoms. The number of rotatable bonds is 5. The fourth-order valence-corrected chi connectivity index (χ4v) is 3.25. The molecule has 0 aromatic rings. The van der Waals surface area contributed by atoms with E-state index in [2.05, 4.69) is 5.32 Å². The lowest BCUT2D eigenvalue weighted by molar-refractivity contribution is -0.127. The Labute approximate surface area is 114 Å². The molecule has 1 atom stereocenters. The maximum atomic E-state index is 12.3. The van der Waals surface area contributed by atoms with E-state index in [0.717, 1.165) is 51.6 Å². The maximum Gasteiger partial charge on any atom is 0.233 e. The van der Waals surface area contributed by atoms with Gasteiger partial charge in [0.15, 0.2) is 0 Å². The van der Waals surface area contributed by atoms with E-state index in [1.807, 2.05) is 0 Å². The van der Waals surface area contributed by atoms with Crippen molar-refractivity contribution in [3.8, 4) is 0 Å². The topological polar surface area (TPSA) is 64.4 Å². The molecular weight excluding hydrogens is 248 g/mol. The van der Waals surface area contributed by atoms with Gasteiger partial charge in [-0.2, -0.15) is 0 Å². The predicted octanol–water partition coefficient (Wildman–Crippen LogP) is 1.52. The van der Waals surface area contributed by atoms with Crippen molar-refractivity contribution in [2.75, 3.05) is 13.2 Å². The Bertz CT molecular complexity index is 321. The minimum atomic E-state index is -0.578. The van der Waals surface area contributed by atoms with Gasteiger partial charge < -0.3 is 15.8 Å². The van der Waals surface area contributed by atoms with E-state index >= 15 is 0 Å². The smallest absolute Gasteiger partial charge is 0.233 e. The molecule has 1 amide bonds. The molecule has 0 radical (unpaired) electrons. The molecule has 1 aliphatic heterocycles. The molecule has 1 heterocycles. The van der Waals surface area contributed by atoms with Crippen LogP contribution < -0.4 is 11.1 Å². The van der Waals surface area contributed by atoms with Crippen LogP contribution in [-0.2, 0) is 9.53 Å². The molecule has 2 aliphatic rings. The standard InChI is InChI=1S/C13H22N2O2S/c14-11(18)13(6-1-2-7-13)12(16)15-8-5-10-4-3-9-17-10/h10H,1-9H2,(H2,14,18)(H,15,16). The molecule has 4 nitrogen and oxygen atoms in total. The lowest BCUT2D eigenvalue weighted by atomic mass is 9.85. The molecule has 2 rings (SSSR count). The molecule has 18 heavy (non-hydrogen) atoms. The number of carbonyl (C=O) groups excluding carboxylic acids is 1. The van der Waals surface area contributed by atoms with Gasteiger partial charge in [0, 0.05) is 13.2 Å². The molecule has 1 saturated carbocycles. The van der Waals surface area contributed by atoms with Gasteiger partial charge in [-0.3, -0.25) is 4.79 Å². The number of amides is 1. The van der Waals surface area contributed by atoms with Crippen LogP contribution in [0, 0.1) is 5.41 Å². The summed E-state index contributed by atoms with van der Waals surface area (Å²) in [5.74, 6) is 0.0190. The Morgan fingerprint density at radius 2 is 2.11 bits per heavy atom. The van der Waals surface area contributed by atoms with Crippen LogP contribution in [0.5, 0.6) is 0 Å². The first kappa shape index (κ1) is 13.7. The van der Waals surface area contributed by atoms with Gasteiger partial charge >= 0.3 is 0 Å². The first-order valence-corrected chi connectivity index (χ1v) is 7.26. The zero-order chi connectivity index (χ0) is 13.0. The molecule has 0 aromatic carbocycles. The zero-order valence-electron chi connectivity index (χ0n) is 10.7. The van der Waals surface area contributed by atoms with Crippen molar-refractivity contribution < 1.29 is 9.53 Å². The van der Waals surface area contributed by atoms with Crippen LogP contribution in [0.2, 0.25) is 0 Å². The summed E-state index contributed by atoms with van der Waals surface area (Å²) in [5.41, 5.74) is 5.20. The highest BCUT2D eigenvalue weighted by atomic mass is 32.1. The lowest BCUT2D eigenvalue weighted by Crippen LogP contribution is -2.47. The highest BCUT2D eigenvalue weighted by molar-refractivity contribution is 7.80. The van der Waals surface area contributed by atoms with E-state index in [4.69, 9.17) is 22.7 Å². The fraction of sp³-hybridized carbons (Fsp3) is 0.846. The molecule has 1 saturated heterocycles. The number of thiocarbonyl (C=S) groups is 1. The third kappa shape index (κ3) is 2.83. The summed E-state index contributed by atoms with van der Waals surface area (Å²) in [6.07, 6.45) is 7.12. The third-order valence-corrected chi connectivity index (χ3v) is 4.53. The molecule has 0 bridgehead atoms. The molecule has 0 aromatic heterocycles. The largest absolute Gasteiger partial charge is 0.392 e. The van der Waals surface area contributed by atoms with Gasteiger partial charge in [0.25, 0.3) is 0 Å². The number of nitrogens with two attached hydrogens (primary N) is 1. The van der Waals surface area contributed by atoms with Crippen LogP contribution in [0.25, 0.3) is 0 Å². The number of hydrogen-bond acceptors (Lipinski definition) is 3. The van der Waals surface area contributed by atoms with Crippen LogP contribution in [0.15, 0.2) is 0 Å². The number of carbonyl (C=O) groups is 1. The number of nitrogens with one attached hydrogen (secondary N) is 1. The Hall–Kier alpha value is -0.680. The second-order valence-electron chi connectivity index (χ2n) is 5.33. The molecule has 0 spiro atoms. The van der Waals surface area contributed by atoms with Crippen molar-refractivity contribution >= 4 is 23.1 Å². The highest BCUT2D eigenvalue weighted by Crippen LogP contribution is 2.38. The third-order valence-electron chi connectivity index (χ3n) is 4.14. The first-order chi connectivity index (χ1) is 8.65. The van der Waals surface area contributed by atoms with Gasteiger partial charge in [0.2, 0.25) is 5.91 Å². The van der Waals surface area contributed by atoms with Gasteiger partial charge in [0.05, 0.1) is 16.5 Å². The molecule has 3 N–H and O–H groups in total.